The van der Waals surface area contributed by atoms with Crippen LogP contribution in [0.25, 0.3) is 0 Å². The first-order chi connectivity index (χ1) is 38.1. The number of aliphatic hydroxyl groups is 1. The van der Waals surface area contributed by atoms with E-state index in [9.17, 15) is 5.11 Å². The number of ether oxygens (including phenoxy) is 10. The first-order valence-corrected chi connectivity index (χ1v) is 28.6. The lowest BCUT2D eigenvalue weighted by molar-refractivity contribution is -0.375. The lowest BCUT2D eigenvalue weighted by atomic mass is 9.96. The van der Waals surface area contributed by atoms with E-state index in [4.69, 9.17) is 51.8 Å². The van der Waals surface area contributed by atoms with Gasteiger partial charge >= 0.3 is 8.32 Å². The highest BCUT2D eigenvalue weighted by atomic mass is 28.4. The number of fused-ring (bicyclic) bond motifs is 1. The topological polar surface area (TPSA) is 122 Å². The van der Waals surface area contributed by atoms with Gasteiger partial charge in [0.05, 0.1) is 39.6 Å². The van der Waals surface area contributed by atoms with Gasteiger partial charge in [-0.1, -0.05) is 209 Å². The molecule has 0 unspecified atom stereocenters. The molecule has 7 aromatic carbocycles. The molecule has 3 heterocycles. The Bertz CT molecular complexity index is 2870. The van der Waals surface area contributed by atoms with Crippen molar-refractivity contribution in [1.82, 2.24) is 0 Å². The lowest BCUT2D eigenvalue weighted by Gasteiger charge is -2.48. The highest BCUT2D eigenvalue weighted by Gasteiger charge is 2.54. The van der Waals surface area contributed by atoms with Gasteiger partial charge in [-0.2, -0.15) is 0 Å². The number of aliphatic hydroxyl groups excluding tert-OH is 1. The van der Waals surface area contributed by atoms with E-state index in [0.29, 0.717) is 5.56 Å². The Labute approximate surface area is 457 Å². The standard InChI is InChI=1S/C64H69FO12Si/c1-64(2,3)78(49-31-19-9-20-32-49,50-33-21-10-22-34-50)77-52-36-35-47(37-51(52)65)41-69-58-55(66)62(74-54-43-72-61(76-57(54)58)48-29-17-8-18-30-48)73-42-53-56(68-38-44-23-11-5-12-24-44)59(70-39-45-25-13-6-14-26-45)60(63(67-4)75-53)71-40-46-27-15-7-16-28-46/h5-37,53-63,66H,38-43H2,1-4H3/t53-,54-,55+,56-,57-,58-,59+,60-,61-,62-,63+/m1/s1. The summed E-state index contributed by atoms with van der Waals surface area (Å²) in [6.45, 7) is 7.08. The smallest absolute Gasteiger partial charge is 0.320 e. The highest BCUT2D eigenvalue weighted by molar-refractivity contribution is 7.00. The van der Waals surface area contributed by atoms with E-state index in [1.807, 2.05) is 158 Å². The van der Waals surface area contributed by atoms with Crippen LogP contribution in [0.4, 0.5) is 4.39 Å². The van der Waals surface area contributed by atoms with E-state index in [2.05, 4.69) is 45.0 Å². The van der Waals surface area contributed by atoms with Crippen LogP contribution in [0.15, 0.2) is 200 Å². The van der Waals surface area contributed by atoms with Gasteiger partial charge in [0.1, 0.15) is 54.6 Å². The third-order valence-electron chi connectivity index (χ3n) is 14.6. The molecule has 7 aromatic rings. The molecular formula is C64H69FO12Si. The lowest BCUT2D eigenvalue weighted by Crippen LogP contribution is -2.68. The number of methoxy groups -OCH3 is 1. The summed E-state index contributed by atoms with van der Waals surface area (Å²) in [5.74, 6) is -0.397. The summed E-state index contributed by atoms with van der Waals surface area (Å²) in [7, 11) is -1.59. The minimum absolute atomic E-state index is 0.0875. The Morgan fingerprint density at radius 3 is 1.54 bits per heavy atom. The molecular weight excluding hydrogens is 1010 g/mol. The van der Waals surface area contributed by atoms with E-state index in [0.717, 1.165) is 32.6 Å². The van der Waals surface area contributed by atoms with Crippen molar-refractivity contribution in [2.24, 2.45) is 0 Å². The molecule has 14 heteroatoms. The van der Waals surface area contributed by atoms with Gasteiger partial charge in [0, 0.05) is 12.7 Å². The Morgan fingerprint density at radius 2 is 1.01 bits per heavy atom. The second-order valence-electron chi connectivity index (χ2n) is 20.9. The van der Waals surface area contributed by atoms with Crippen LogP contribution >= 0.6 is 0 Å². The normalized spacial score (nSPS) is 25.5. The summed E-state index contributed by atoms with van der Waals surface area (Å²) < 4.78 is 89.4. The van der Waals surface area contributed by atoms with Crippen LogP contribution < -0.4 is 14.8 Å². The molecule has 408 valence electrons. The van der Waals surface area contributed by atoms with E-state index in [1.165, 1.54) is 6.07 Å². The van der Waals surface area contributed by atoms with Gasteiger partial charge in [0.15, 0.2) is 24.7 Å². The van der Waals surface area contributed by atoms with Crippen molar-refractivity contribution in [1.29, 1.82) is 0 Å². The maximum absolute atomic E-state index is 16.7. The minimum Gasteiger partial charge on any atom is -0.532 e. The van der Waals surface area contributed by atoms with Gasteiger partial charge in [-0.25, -0.2) is 4.39 Å². The zero-order chi connectivity index (χ0) is 53.9. The van der Waals surface area contributed by atoms with Crippen molar-refractivity contribution in [3.8, 4) is 5.75 Å². The molecule has 11 atom stereocenters. The van der Waals surface area contributed by atoms with E-state index in [1.54, 1.807) is 19.2 Å². The van der Waals surface area contributed by atoms with Crippen LogP contribution in [0.5, 0.6) is 5.75 Å². The van der Waals surface area contributed by atoms with E-state index >= 15 is 4.39 Å². The van der Waals surface area contributed by atoms with Gasteiger partial charge in [0.25, 0.3) is 0 Å². The summed E-state index contributed by atoms with van der Waals surface area (Å²) in [4.78, 5) is 0. The molecule has 0 saturated carbocycles. The van der Waals surface area contributed by atoms with Crippen molar-refractivity contribution in [3.05, 3.63) is 234 Å². The molecule has 0 aromatic heterocycles. The Hall–Kier alpha value is -5.95. The van der Waals surface area contributed by atoms with Crippen LogP contribution in [0.3, 0.4) is 0 Å². The predicted octanol–water partition coefficient (Wildman–Crippen LogP) is 9.99. The molecule has 0 amide bonds. The molecule has 1 N–H and O–H groups in total. The third-order valence-corrected chi connectivity index (χ3v) is 19.5. The summed E-state index contributed by atoms with van der Waals surface area (Å²) in [6.07, 6.45) is -9.96. The molecule has 3 saturated heterocycles. The maximum Gasteiger partial charge on any atom is 0.320 e. The average molecular weight is 1080 g/mol. The molecule has 0 aliphatic carbocycles. The molecule has 10 rings (SSSR count). The number of hydrogen-bond acceptors (Lipinski definition) is 12. The van der Waals surface area contributed by atoms with E-state index in [-0.39, 0.29) is 50.4 Å². The summed E-state index contributed by atoms with van der Waals surface area (Å²) >= 11 is 0. The fourth-order valence-corrected chi connectivity index (χ4v) is 15.1. The predicted molar refractivity (Wildman–Crippen MR) is 295 cm³/mol. The fourth-order valence-electron chi connectivity index (χ4n) is 10.7. The second-order valence-corrected chi connectivity index (χ2v) is 25.1. The van der Waals surface area contributed by atoms with Crippen LogP contribution in [0.1, 0.15) is 54.9 Å². The Kier molecular flexibility index (Phi) is 18.4. The molecule has 0 spiro atoms. The number of hydrogen-bond donors (Lipinski definition) is 1. The van der Waals surface area contributed by atoms with Gasteiger partial charge < -0.3 is 56.9 Å². The molecule has 3 aliphatic rings. The van der Waals surface area contributed by atoms with Crippen LogP contribution in [-0.4, -0.2) is 95.2 Å². The summed E-state index contributed by atoms with van der Waals surface area (Å²) in [5.41, 5.74) is 4.18. The molecule has 0 radical (unpaired) electrons. The number of halogens is 1. The Balaban J connectivity index is 0.908. The monoisotopic (exact) mass is 1080 g/mol. The number of benzene rings is 7. The third kappa shape index (κ3) is 12.9. The maximum atomic E-state index is 16.7. The van der Waals surface area contributed by atoms with Crippen molar-refractivity contribution < 1.29 is 61.3 Å². The Morgan fingerprint density at radius 1 is 0.526 bits per heavy atom. The van der Waals surface area contributed by atoms with Gasteiger partial charge in [0.2, 0.25) is 0 Å². The van der Waals surface area contributed by atoms with Gasteiger partial charge in [-0.15, -0.1) is 0 Å². The average Bonchev–Trinajstić information content (AvgIpc) is 3.56. The van der Waals surface area contributed by atoms with Crippen LogP contribution in [0.2, 0.25) is 5.04 Å². The van der Waals surface area contributed by atoms with Gasteiger partial charge in [-0.05, 0) is 49.8 Å². The minimum atomic E-state index is -3.15. The van der Waals surface area contributed by atoms with Crippen LogP contribution in [0, 0.1) is 5.82 Å². The zero-order valence-electron chi connectivity index (χ0n) is 44.5. The molecule has 3 fully saturated rings. The van der Waals surface area contributed by atoms with Crippen molar-refractivity contribution in [3.63, 3.8) is 0 Å². The van der Waals surface area contributed by atoms with Crippen molar-refractivity contribution in [2.75, 3.05) is 20.3 Å². The first-order valence-electron chi connectivity index (χ1n) is 26.7. The van der Waals surface area contributed by atoms with Crippen molar-refractivity contribution >= 4 is 18.7 Å². The zero-order valence-corrected chi connectivity index (χ0v) is 45.5. The van der Waals surface area contributed by atoms with Gasteiger partial charge in [-0.3, -0.25) is 0 Å². The first kappa shape index (κ1) is 55.4. The summed E-state index contributed by atoms with van der Waals surface area (Å²) in [5, 5.41) is 14.1. The number of rotatable bonds is 21. The second kappa shape index (κ2) is 25.9. The summed E-state index contributed by atoms with van der Waals surface area (Å²) in [6, 6.07) is 64.3. The quantitative estimate of drug-likeness (QED) is 0.0690. The largest absolute Gasteiger partial charge is 0.532 e. The molecule has 3 aliphatic heterocycles. The van der Waals surface area contributed by atoms with E-state index < -0.39 is 81.8 Å². The highest BCUT2D eigenvalue weighted by Crippen LogP contribution is 2.40. The molecule has 12 nitrogen and oxygen atoms in total. The molecule has 78 heavy (non-hydrogen) atoms. The fraction of sp³-hybridized carbons (Fsp3) is 0.344. The SMILES string of the molecule is CO[C@H]1O[C@H](CO[C@@H]2O[C@@H]3CO[C@@H](c4ccccc4)O[C@H]3[C@H](OCc3ccc(O[Si](c4ccccc4)(c4ccccc4)C(C)(C)C)c(F)c3)[C@@H]2O)[C@@H](OCc2ccccc2)[C@H](OCc2ccccc2)[C@H]1OCc1ccccc1. The van der Waals surface area contributed by atoms with Crippen LogP contribution in [-0.2, 0) is 73.8 Å². The van der Waals surface area contributed by atoms with Crippen molar-refractivity contribution in [2.45, 2.75) is 120 Å². The molecule has 0 bridgehead atoms.